The molecule has 38 heavy (non-hydrogen) atoms. The van der Waals surface area contributed by atoms with Crippen molar-refractivity contribution >= 4 is 40.7 Å². The van der Waals surface area contributed by atoms with Crippen molar-refractivity contribution in [1.29, 1.82) is 0 Å². The minimum atomic E-state index is -0.174. The second-order valence-corrected chi connectivity index (χ2v) is 10.2. The summed E-state index contributed by atoms with van der Waals surface area (Å²) >= 11 is 1.51. The first kappa shape index (κ1) is 26.2. The molecule has 0 unspecified atom stereocenters. The maximum atomic E-state index is 12.7. The van der Waals surface area contributed by atoms with Crippen LogP contribution >= 0.6 is 11.8 Å². The van der Waals surface area contributed by atoms with Gasteiger partial charge >= 0.3 is 0 Å². The monoisotopic (exact) mass is 532 g/mol. The highest BCUT2D eigenvalue weighted by atomic mass is 32.2. The molecule has 3 aromatic rings. The number of aromatic nitrogens is 2. The largest absolute Gasteiger partial charge is 0.379 e. The van der Waals surface area contributed by atoms with Crippen LogP contribution in [0.4, 0.5) is 23.0 Å². The first-order valence-electron chi connectivity index (χ1n) is 12.7. The van der Waals surface area contributed by atoms with Crippen LogP contribution in [0.5, 0.6) is 0 Å². The normalized spacial score (nSPS) is 16.2. The highest BCUT2D eigenvalue weighted by Crippen LogP contribution is 2.29. The number of rotatable bonds is 9. The fraction of sp³-hybridized carbons (Fsp3) is 0.321. The van der Waals surface area contributed by atoms with Gasteiger partial charge in [0.05, 0.1) is 26.4 Å². The summed E-state index contributed by atoms with van der Waals surface area (Å²) in [6.07, 6.45) is 1.74. The quantitative estimate of drug-likeness (QED) is 0.313. The first-order valence-corrected chi connectivity index (χ1v) is 13.5. The van der Waals surface area contributed by atoms with Gasteiger partial charge in [0, 0.05) is 66.5 Å². The van der Waals surface area contributed by atoms with Gasteiger partial charge in [0.2, 0.25) is 5.95 Å². The standard InChI is InChI=1S/C28H32N6O3S/c1-21(20-33-11-15-36-16-12-33)27(35)30-23-3-2-4-25(19-23)38-26-9-10-29-28(32-26)31-22-5-7-24(8-6-22)34-13-17-37-18-14-34/h2-10,19H,1,11-18,20H2,(H,30,35)(H,29,31,32). The molecule has 2 saturated heterocycles. The molecule has 10 heteroatoms. The van der Waals surface area contributed by atoms with Crippen molar-refractivity contribution in [3.05, 3.63) is 72.9 Å². The lowest BCUT2D eigenvalue weighted by molar-refractivity contribution is -0.113. The average Bonchev–Trinajstić information content (AvgIpc) is 2.95. The van der Waals surface area contributed by atoms with E-state index in [1.165, 1.54) is 17.4 Å². The van der Waals surface area contributed by atoms with Crippen LogP contribution in [0.3, 0.4) is 0 Å². The van der Waals surface area contributed by atoms with Gasteiger partial charge in [-0.25, -0.2) is 9.97 Å². The number of hydrogen-bond acceptors (Lipinski definition) is 9. The highest BCUT2D eigenvalue weighted by molar-refractivity contribution is 7.99. The minimum Gasteiger partial charge on any atom is -0.379 e. The molecular formula is C28H32N6O3S. The Bertz CT molecular complexity index is 1240. The van der Waals surface area contributed by atoms with Crippen LogP contribution in [0, 0.1) is 0 Å². The van der Waals surface area contributed by atoms with Crippen molar-refractivity contribution < 1.29 is 14.3 Å². The van der Waals surface area contributed by atoms with E-state index in [9.17, 15) is 4.79 Å². The van der Waals surface area contributed by atoms with E-state index in [2.05, 4.69) is 49.1 Å². The molecule has 3 heterocycles. The lowest BCUT2D eigenvalue weighted by Gasteiger charge is -2.28. The summed E-state index contributed by atoms with van der Waals surface area (Å²) in [5.41, 5.74) is 3.36. The number of anilines is 4. The molecule has 0 aliphatic carbocycles. The summed E-state index contributed by atoms with van der Waals surface area (Å²) in [7, 11) is 0. The van der Waals surface area contributed by atoms with E-state index < -0.39 is 0 Å². The van der Waals surface area contributed by atoms with E-state index in [1.807, 2.05) is 42.5 Å². The molecule has 9 nitrogen and oxygen atoms in total. The number of carbonyl (C=O) groups excluding carboxylic acids is 1. The molecule has 0 saturated carbocycles. The molecule has 0 spiro atoms. The molecule has 2 N–H and O–H groups in total. The topological polar surface area (TPSA) is 91.8 Å². The van der Waals surface area contributed by atoms with E-state index in [1.54, 1.807) is 6.20 Å². The molecule has 0 atom stereocenters. The summed E-state index contributed by atoms with van der Waals surface area (Å²) in [6.45, 7) is 10.9. The Balaban J connectivity index is 1.17. The Labute approximate surface area is 227 Å². The van der Waals surface area contributed by atoms with Crippen LogP contribution < -0.4 is 15.5 Å². The van der Waals surface area contributed by atoms with Gasteiger partial charge in [-0.1, -0.05) is 24.4 Å². The lowest BCUT2D eigenvalue weighted by atomic mass is 10.2. The molecule has 0 bridgehead atoms. The van der Waals surface area contributed by atoms with Crippen molar-refractivity contribution in [2.24, 2.45) is 0 Å². The van der Waals surface area contributed by atoms with Gasteiger partial charge < -0.3 is 25.0 Å². The number of carbonyl (C=O) groups is 1. The Hall–Kier alpha value is -3.44. The Morgan fingerprint density at radius 2 is 1.68 bits per heavy atom. The molecule has 2 fully saturated rings. The van der Waals surface area contributed by atoms with Crippen LogP contribution in [0.15, 0.2) is 82.9 Å². The Morgan fingerprint density at radius 3 is 2.45 bits per heavy atom. The van der Waals surface area contributed by atoms with Gasteiger partial charge in [0.25, 0.3) is 5.91 Å². The summed E-state index contributed by atoms with van der Waals surface area (Å²) in [5, 5.41) is 7.05. The number of ether oxygens (including phenoxy) is 2. The van der Waals surface area contributed by atoms with Crippen molar-refractivity contribution in [2.45, 2.75) is 9.92 Å². The molecule has 1 amide bonds. The van der Waals surface area contributed by atoms with Crippen LogP contribution in [0.25, 0.3) is 0 Å². The van der Waals surface area contributed by atoms with Crippen LogP contribution in [-0.4, -0.2) is 79.9 Å². The summed E-state index contributed by atoms with van der Waals surface area (Å²) < 4.78 is 10.8. The highest BCUT2D eigenvalue weighted by Gasteiger charge is 2.16. The number of amides is 1. The van der Waals surface area contributed by atoms with Gasteiger partial charge in [0.15, 0.2) is 0 Å². The summed E-state index contributed by atoms with van der Waals surface area (Å²) in [6, 6.07) is 17.8. The number of nitrogens with zero attached hydrogens (tertiary/aromatic N) is 4. The van der Waals surface area contributed by atoms with Gasteiger partial charge in [0.1, 0.15) is 5.03 Å². The molecule has 198 valence electrons. The van der Waals surface area contributed by atoms with Crippen molar-refractivity contribution in [1.82, 2.24) is 14.9 Å². The molecule has 1 aromatic heterocycles. The maximum absolute atomic E-state index is 12.7. The number of morpholine rings is 2. The number of hydrogen-bond donors (Lipinski definition) is 2. The van der Waals surface area contributed by atoms with Crippen molar-refractivity contribution in [3.8, 4) is 0 Å². The van der Waals surface area contributed by atoms with Gasteiger partial charge in [-0.3, -0.25) is 9.69 Å². The summed E-state index contributed by atoms with van der Waals surface area (Å²) in [4.78, 5) is 27.2. The van der Waals surface area contributed by atoms with E-state index >= 15 is 0 Å². The summed E-state index contributed by atoms with van der Waals surface area (Å²) in [5.74, 6) is 0.352. The third kappa shape index (κ3) is 7.32. The molecule has 2 aliphatic heterocycles. The SMILES string of the molecule is C=C(CN1CCOCC1)C(=O)Nc1cccc(Sc2ccnc(Nc3ccc(N4CCOCC4)cc3)n2)c1. The van der Waals surface area contributed by atoms with Gasteiger partial charge in [-0.15, -0.1) is 0 Å². The van der Waals surface area contributed by atoms with E-state index in [0.29, 0.717) is 31.3 Å². The third-order valence-electron chi connectivity index (χ3n) is 6.28. The first-order chi connectivity index (χ1) is 18.6. The maximum Gasteiger partial charge on any atom is 0.252 e. The predicted octanol–water partition coefficient (Wildman–Crippen LogP) is 4.03. The lowest BCUT2D eigenvalue weighted by Crippen LogP contribution is -2.38. The molecule has 2 aromatic carbocycles. The van der Waals surface area contributed by atoms with E-state index in [4.69, 9.17) is 9.47 Å². The molecule has 5 rings (SSSR count). The van der Waals surface area contributed by atoms with Gasteiger partial charge in [-0.2, -0.15) is 0 Å². The zero-order chi connectivity index (χ0) is 26.2. The predicted molar refractivity (Wildman–Crippen MR) is 150 cm³/mol. The average molecular weight is 533 g/mol. The second kappa shape index (κ2) is 12.9. The number of nitrogens with one attached hydrogen (secondary N) is 2. The number of benzene rings is 2. The van der Waals surface area contributed by atoms with Crippen LogP contribution in [0.1, 0.15) is 0 Å². The Morgan fingerprint density at radius 1 is 0.947 bits per heavy atom. The van der Waals surface area contributed by atoms with Crippen molar-refractivity contribution in [3.63, 3.8) is 0 Å². The minimum absolute atomic E-state index is 0.174. The molecular weight excluding hydrogens is 500 g/mol. The smallest absolute Gasteiger partial charge is 0.252 e. The molecule has 0 radical (unpaired) electrons. The fourth-order valence-corrected chi connectivity index (χ4v) is 5.08. The van der Waals surface area contributed by atoms with E-state index in [0.717, 1.165) is 60.7 Å². The van der Waals surface area contributed by atoms with E-state index in [-0.39, 0.29) is 5.91 Å². The second-order valence-electron chi connectivity index (χ2n) is 9.07. The zero-order valence-electron chi connectivity index (χ0n) is 21.3. The van der Waals surface area contributed by atoms with Gasteiger partial charge in [-0.05, 0) is 48.5 Å². The van der Waals surface area contributed by atoms with Crippen LogP contribution in [-0.2, 0) is 14.3 Å². The van der Waals surface area contributed by atoms with Crippen molar-refractivity contribution in [2.75, 3.05) is 74.7 Å². The van der Waals surface area contributed by atoms with Crippen LogP contribution in [0.2, 0.25) is 0 Å². The Kier molecular flexibility index (Phi) is 8.87. The third-order valence-corrected chi connectivity index (χ3v) is 7.21. The fourth-order valence-electron chi connectivity index (χ4n) is 4.24. The molecule has 2 aliphatic rings. The zero-order valence-corrected chi connectivity index (χ0v) is 22.1.